The lowest BCUT2D eigenvalue weighted by Gasteiger charge is -2.04. The minimum atomic E-state index is 0.103. The van der Waals surface area contributed by atoms with Crippen LogP contribution in [0, 0.1) is 0 Å². The van der Waals surface area contributed by atoms with Crippen molar-refractivity contribution in [2.24, 2.45) is 0 Å². The maximum atomic E-state index is 11.4. The molecule has 0 aliphatic heterocycles. The average Bonchev–Trinajstić information content (AvgIpc) is 2.85. The molecule has 4 nitrogen and oxygen atoms in total. The summed E-state index contributed by atoms with van der Waals surface area (Å²) in [5.74, 6) is 0.103. The minimum Gasteiger partial charge on any atom is -0.464 e. The molecule has 0 bridgehead atoms. The molecule has 2 rings (SSSR count). The largest absolute Gasteiger partial charge is 0.464 e. The van der Waals surface area contributed by atoms with E-state index in [9.17, 15) is 4.79 Å². The molecule has 1 aromatic heterocycles. The van der Waals surface area contributed by atoms with Crippen molar-refractivity contribution in [1.82, 2.24) is 10.6 Å². The summed E-state index contributed by atoms with van der Waals surface area (Å²) in [4.78, 5) is 11.4. The Labute approximate surface area is 113 Å². The highest BCUT2D eigenvalue weighted by atomic mass is 16.3. The van der Waals surface area contributed by atoms with Crippen molar-refractivity contribution >= 4 is 16.9 Å². The van der Waals surface area contributed by atoms with E-state index in [-0.39, 0.29) is 5.91 Å². The van der Waals surface area contributed by atoms with Crippen molar-refractivity contribution in [2.45, 2.75) is 26.3 Å². The standard InChI is InChI=1S/C15H20N2O2/c1-2-8-17-15(18)7-9-16-10-12-11-19-14-6-4-3-5-13(12)14/h3-6,11,16H,2,7-10H2,1H3,(H,17,18). The van der Waals surface area contributed by atoms with Crippen LogP contribution >= 0.6 is 0 Å². The molecule has 0 unspecified atom stereocenters. The lowest BCUT2D eigenvalue weighted by Crippen LogP contribution is -2.27. The summed E-state index contributed by atoms with van der Waals surface area (Å²) < 4.78 is 5.46. The third kappa shape index (κ3) is 3.83. The fraction of sp³-hybridized carbons (Fsp3) is 0.400. The molecule has 0 radical (unpaired) electrons. The number of carbonyl (C=O) groups is 1. The second kappa shape index (κ2) is 6.95. The molecular formula is C15H20N2O2. The summed E-state index contributed by atoms with van der Waals surface area (Å²) in [6.45, 7) is 4.20. The summed E-state index contributed by atoms with van der Waals surface area (Å²) in [7, 11) is 0. The molecule has 1 aromatic carbocycles. The lowest BCUT2D eigenvalue weighted by atomic mass is 10.2. The van der Waals surface area contributed by atoms with Gasteiger partial charge >= 0.3 is 0 Å². The lowest BCUT2D eigenvalue weighted by molar-refractivity contribution is -0.120. The molecule has 0 spiro atoms. The topological polar surface area (TPSA) is 54.3 Å². The van der Waals surface area contributed by atoms with Gasteiger partial charge in [0.2, 0.25) is 5.91 Å². The summed E-state index contributed by atoms with van der Waals surface area (Å²) in [6, 6.07) is 7.96. The van der Waals surface area contributed by atoms with Gasteiger partial charge < -0.3 is 15.1 Å². The molecular weight excluding hydrogens is 240 g/mol. The van der Waals surface area contributed by atoms with Crippen molar-refractivity contribution in [3.63, 3.8) is 0 Å². The number of nitrogens with one attached hydrogen (secondary N) is 2. The highest BCUT2D eigenvalue weighted by Crippen LogP contribution is 2.20. The van der Waals surface area contributed by atoms with E-state index in [0.29, 0.717) is 13.0 Å². The highest BCUT2D eigenvalue weighted by molar-refractivity contribution is 5.80. The normalized spacial score (nSPS) is 10.8. The summed E-state index contributed by atoms with van der Waals surface area (Å²) in [5.41, 5.74) is 2.03. The summed E-state index contributed by atoms with van der Waals surface area (Å²) >= 11 is 0. The van der Waals surface area contributed by atoms with E-state index < -0.39 is 0 Å². The zero-order chi connectivity index (χ0) is 13.5. The fourth-order valence-electron chi connectivity index (χ4n) is 1.95. The Hall–Kier alpha value is -1.81. The van der Waals surface area contributed by atoms with Crippen LogP contribution in [0.25, 0.3) is 11.0 Å². The van der Waals surface area contributed by atoms with Gasteiger partial charge in [0, 0.05) is 37.0 Å². The van der Waals surface area contributed by atoms with Crippen LogP contribution in [0.1, 0.15) is 25.3 Å². The first kappa shape index (κ1) is 13.6. The van der Waals surface area contributed by atoms with E-state index in [1.54, 1.807) is 6.26 Å². The quantitative estimate of drug-likeness (QED) is 0.752. The van der Waals surface area contributed by atoms with Crippen LogP contribution in [0.5, 0.6) is 0 Å². The maximum absolute atomic E-state index is 11.4. The third-order valence-electron chi connectivity index (χ3n) is 2.98. The number of amides is 1. The molecule has 102 valence electrons. The smallest absolute Gasteiger partial charge is 0.221 e. The Morgan fingerprint density at radius 2 is 2.11 bits per heavy atom. The molecule has 0 fully saturated rings. The van der Waals surface area contributed by atoms with Gasteiger partial charge in [-0.25, -0.2) is 0 Å². The van der Waals surface area contributed by atoms with E-state index >= 15 is 0 Å². The third-order valence-corrected chi connectivity index (χ3v) is 2.98. The van der Waals surface area contributed by atoms with Crippen LogP contribution < -0.4 is 10.6 Å². The molecule has 0 saturated carbocycles. The number of para-hydroxylation sites is 1. The van der Waals surface area contributed by atoms with E-state index in [0.717, 1.165) is 36.0 Å². The molecule has 1 heterocycles. The van der Waals surface area contributed by atoms with E-state index in [2.05, 4.69) is 10.6 Å². The van der Waals surface area contributed by atoms with Crippen molar-refractivity contribution in [3.8, 4) is 0 Å². The first-order chi connectivity index (χ1) is 9.31. The number of hydrogen-bond acceptors (Lipinski definition) is 3. The Kier molecular flexibility index (Phi) is 4.98. The van der Waals surface area contributed by atoms with Crippen molar-refractivity contribution < 1.29 is 9.21 Å². The minimum absolute atomic E-state index is 0.103. The first-order valence-corrected chi connectivity index (χ1v) is 6.73. The number of rotatable bonds is 7. The van der Waals surface area contributed by atoms with Gasteiger partial charge in [-0.15, -0.1) is 0 Å². The van der Waals surface area contributed by atoms with Crippen LogP contribution in [-0.2, 0) is 11.3 Å². The highest BCUT2D eigenvalue weighted by Gasteiger charge is 2.04. The van der Waals surface area contributed by atoms with Gasteiger partial charge in [0.15, 0.2) is 0 Å². The van der Waals surface area contributed by atoms with Gasteiger partial charge in [0.05, 0.1) is 6.26 Å². The Balaban J connectivity index is 1.75. The monoisotopic (exact) mass is 260 g/mol. The zero-order valence-corrected chi connectivity index (χ0v) is 11.2. The fourth-order valence-corrected chi connectivity index (χ4v) is 1.95. The molecule has 0 saturated heterocycles. The predicted octanol–water partition coefficient (Wildman–Crippen LogP) is 2.44. The van der Waals surface area contributed by atoms with Crippen LogP contribution in [0.2, 0.25) is 0 Å². The zero-order valence-electron chi connectivity index (χ0n) is 11.2. The molecule has 2 aromatic rings. The maximum Gasteiger partial charge on any atom is 0.221 e. The summed E-state index contributed by atoms with van der Waals surface area (Å²) in [6.07, 6.45) is 3.25. The van der Waals surface area contributed by atoms with Gasteiger partial charge in [-0.05, 0) is 12.5 Å². The van der Waals surface area contributed by atoms with Crippen LogP contribution in [0.3, 0.4) is 0 Å². The molecule has 0 aliphatic carbocycles. The van der Waals surface area contributed by atoms with Crippen LogP contribution in [0.15, 0.2) is 34.9 Å². The van der Waals surface area contributed by atoms with Crippen molar-refractivity contribution in [2.75, 3.05) is 13.1 Å². The van der Waals surface area contributed by atoms with E-state index in [1.807, 2.05) is 31.2 Å². The number of carbonyl (C=O) groups excluding carboxylic acids is 1. The molecule has 4 heteroatoms. The molecule has 19 heavy (non-hydrogen) atoms. The van der Waals surface area contributed by atoms with Gasteiger partial charge in [-0.3, -0.25) is 4.79 Å². The SMILES string of the molecule is CCCNC(=O)CCNCc1coc2ccccc12. The molecule has 0 aliphatic rings. The number of furan rings is 1. The molecule has 0 atom stereocenters. The Bertz CT molecular complexity index is 534. The van der Waals surface area contributed by atoms with Gasteiger partial charge in [-0.1, -0.05) is 25.1 Å². The van der Waals surface area contributed by atoms with Crippen molar-refractivity contribution in [3.05, 3.63) is 36.1 Å². The van der Waals surface area contributed by atoms with Gasteiger partial charge in [-0.2, -0.15) is 0 Å². The van der Waals surface area contributed by atoms with Gasteiger partial charge in [0.25, 0.3) is 0 Å². The second-order valence-corrected chi connectivity index (χ2v) is 4.53. The van der Waals surface area contributed by atoms with Crippen LogP contribution in [0.4, 0.5) is 0 Å². The second-order valence-electron chi connectivity index (χ2n) is 4.53. The van der Waals surface area contributed by atoms with E-state index in [4.69, 9.17) is 4.42 Å². The Morgan fingerprint density at radius 1 is 1.26 bits per heavy atom. The number of hydrogen-bond donors (Lipinski definition) is 2. The predicted molar refractivity (Wildman–Crippen MR) is 75.8 cm³/mol. The Morgan fingerprint density at radius 3 is 2.95 bits per heavy atom. The van der Waals surface area contributed by atoms with Crippen molar-refractivity contribution in [1.29, 1.82) is 0 Å². The average molecular weight is 260 g/mol. The number of fused-ring (bicyclic) bond motifs is 1. The van der Waals surface area contributed by atoms with Gasteiger partial charge in [0.1, 0.15) is 5.58 Å². The molecule has 2 N–H and O–H groups in total. The first-order valence-electron chi connectivity index (χ1n) is 6.73. The summed E-state index contributed by atoms with van der Waals surface area (Å²) in [5, 5.41) is 7.25. The van der Waals surface area contributed by atoms with Crippen LogP contribution in [-0.4, -0.2) is 19.0 Å². The van der Waals surface area contributed by atoms with E-state index in [1.165, 1.54) is 0 Å². The number of benzene rings is 1. The molecule has 1 amide bonds.